The van der Waals surface area contributed by atoms with Gasteiger partial charge < -0.3 is 9.15 Å². The molecule has 0 radical (unpaired) electrons. The number of furan rings is 1. The van der Waals surface area contributed by atoms with Gasteiger partial charge in [0, 0.05) is 0 Å². The number of cyclic esters (lactones) is 1. The summed E-state index contributed by atoms with van der Waals surface area (Å²) >= 11 is 0. The van der Waals surface area contributed by atoms with Crippen molar-refractivity contribution >= 4 is 17.9 Å². The highest BCUT2D eigenvalue weighted by atomic mass is 16.6. The second-order valence-electron chi connectivity index (χ2n) is 6.19. The first-order valence-electron chi connectivity index (χ1n) is 7.10. The first-order chi connectivity index (χ1) is 10.4. The largest absolute Gasteiger partial charge is 0.459 e. The zero-order chi connectivity index (χ0) is 15.7. The number of carbonyl (C=O) groups excluding carboxylic acids is 1. The fourth-order valence-electron chi connectivity index (χ4n) is 2.15. The molecule has 2 heterocycles. The molecule has 3 rings (SSSR count). The van der Waals surface area contributed by atoms with Gasteiger partial charge in [-0.15, -0.1) is 0 Å². The highest BCUT2D eigenvalue weighted by Crippen LogP contribution is 2.24. The summed E-state index contributed by atoms with van der Waals surface area (Å²) in [5.74, 6) is 0.179. The molecule has 1 aromatic carbocycles. The minimum atomic E-state index is -0.466. The monoisotopic (exact) mass is 295 g/mol. The molecule has 0 saturated carbocycles. The van der Waals surface area contributed by atoms with Gasteiger partial charge in [-0.1, -0.05) is 45.0 Å². The molecule has 22 heavy (non-hydrogen) atoms. The van der Waals surface area contributed by atoms with Crippen LogP contribution in [0.2, 0.25) is 0 Å². The van der Waals surface area contributed by atoms with E-state index >= 15 is 0 Å². The molecule has 0 amide bonds. The van der Waals surface area contributed by atoms with Gasteiger partial charge in [-0.25, -0.2) is 9.79 Å². The first kappa shape index (κ1) is 14.3. The summed E-state index contributed by atoms with van der Waals surface area (Å²) in [6, 6.07) is 11.5. The second-order valence-corrected chi connectivity index (χ2v) is 6.19. The third-order valence-corrected chi connectivity index (χ3v) is 3.43. The average Bonchev–Trinajstić information content (AvgIpc) is 3.09. The van der Waals surface area contributed by atoms with E-state index in [1.54, 1.807) is 18.2 Å². The van der Waals surface area contributed by atoms with Crippen LogP contribution in [0.15, 0.2) is 57.8 Å². The van der Waals surface area contributed by atoms with Gasteiger partial charge >= 0.3 is 5.97 Å². The lowest BCUT2D eigenvalue weighted by atomic mass is 9.87. The van der Waals surface area contributed by atoms with Crippen molar-refractivity contribution in [1.29, 1.82) is 0 Å². The van der Waals surface area contributed by atoms with Crippen LogP contribution in [-0.2, 0) is 14.9 Å². The maximum absolute atomic E-state index is 11.9. The van der Waals surface area contributed by atoms with Crippen molar-refractivity contribution in [3.05, 3.63) is 65.2 Å². The summed E-state index contributed by atoms with van der Waals surface area (Å²) in [5, 5.41) is 0. The van der Waals surface area contributed by atoms with Crippen LogP contribution in [0.4, 0.5) is 0 Å². The predicted octanol–water partition coefficient (Wildman–Crippen LogP) is 3.92. The number of ether oxygens (including phenoxy) is 1. The summed E-state index contributed by atoms with van der Waals surface area (Å²) in [6.45, 7) is 6.48. The molecule has 0 fully saturated rings. The molecular formula is C18H17NO3. The molecule has 112 valence electrons. The molecular weight excluding hydrogens is 278 g/mol. The van der Waals surface area contributed by atoms with Gasteiger partial charge in [0.2, 0.25) is 0 Å². The third kappa shape index (κ3) is 2.86. The van der Waals surface area contributed by atoms with Gasteiger partial charge in [-0.05, 0) is 34.8 Å². The Labute approximate surface area is 129 Å². The molecule has 1 aliphatic heterocycles. The maximum atomic E-state index is 11.9. The molecule has 0 N–H and O–H groups in total. The minimum absolute atomic E-state index is 0.0998. The molecule has 2 aromatic rings. The number of benzene rings is 1. The Morgan fingerprint density at radius 3 is 2.41 bits per heavy atom. The van der Waals surface area contributed by atoms with E-state index in [0.29, 0.717) is 5.76 Å². The van der Waals surface area contributed by atoms with E-state index < -0.39 is 5.97 Å². The fourth-order valence-corrected chi connectivity index (χ4v) is 2.15. The molecule has 1 aliphatic rings. The molecule has 0 spiro atoms. The zero-order valence-corrected chi connectivity index (χ0v) is 12.8. The first-order valence-corrected chi connectivity index (χ1v) is 7.10. The van der Waals surface area contributed by atoms with Gasteiger partial charge in [0.05, 0.1) is 6.26 Å². The summed E-state index contributed by atoms with van der Waals surface area (Å²) in [5.41, 5.74) is 2.52. The number of rotatable bonds is 2. The number of esters is 1. The van der Waals surface area contributed by atoms with Gasteiger partial charge in [-0.3, -0.25) is 0 Å². The van der Waals surface area contributed by atoms with E-state index in [9.17, 15) is 4.79 Å². The third-order valence-electron chi connectivity index (χ3n) is 3.43. The van der Waals surface area contributed by atoms with E-state index in [2.05, 4.69) is 37.9 Å². The standard InChI is InChI=1S/C18H17NO3/c1-18(2,3)13-8-6-12(7-9-13)11-14-17(20)22-16(19-14)15-5-4-10-21-15/h4-11H,1-3H3. The molecule has 0 bridgehead atoms. The lowest BCUT2D eigenvalue weighted by Gasteiger charge is -2.18. The van der Waals surface area contributed by atoms with Crippen LogP contribution in [-0.4, -0.2) is 11.9 Å². The SMILES string of the molecule is CC(C)(C)c1ccc(C=C2N=C(c3ccco3)OC2=O)cc1. The zero-order valence-electron chi connectivity index (χ0n) is 12.8. The van der Waals surface area contributed by atoms with Crippen molar-refractivity contribution in [2.45, 2.75) is 26.2 Å². The highest BCUT2D eigenvalue weighted by Gasteiger charge is 2.25. The number of nitrogens with zero attached hydrogens (tertiary/aromatic N) is 1. The van der Waals surface area contributed by atoms with E-state index in [1.165, 1.54) is 11.8 Å². The topological polar surface area (TPSA) is 51.8 Å². The van der Waals surface area contributed by atoms with Gasteiger partial charge in [0.25, 0.3) is 5.90 Å². The van der Waals surface area contributed by atoms with Crippen molar-refractivity contribution in [1.82, 2.24) is 0 Å². The Hall–Kier alpha value is -2.62. The molecule has 4 heteroatoms. The molecule has 0 atom stereocenters. The van der Waals surface area contributed by atoms with Crippen LogP contribution in [0, 0.1) is 0 Å². The van der Waals surface area contributed by atoms with Gasteiger partial charge in [0.15, 0.2) is 11.5 Å². The molecule has 0 unspecified atom stereocenters. The second kappa shape index (κ2) is 5.30. The summed E-state index contributed by atoms with van der Waals surface area (Å²) < 4.78 is 10.3. The maximum Gasteiger partial charge on any atom is 0.363 e. The lowest BCUT2D eigenvalue weighted by Crippen LogP contribution is -2.10. The Bertz CT molecular complexity index is 745. The number of carbonyl (C=O) groups is 1. The number of hydrogen-bond acceptors (Lipinski definition) is 4. The Morgan fingerprint density at radius 2 is 1.82 bits per heavy atom. The van der Waals surface area contributed by atoms with E-state index in [4.69, 9.17) is 9.15 Å². The molecule has 4 nitrogen and oxygen atoms in total. The molecule has 0 saturated heterocycles. The van der Waals surface area contributed by atoms with Crippen molar-refractivity contribution in [3.63, 3.8) is 0 Å². The van der Waals surface area contributed by atoms with Gasteiger partial charge in [-0.2, -0.15) is 0 Å². The minimum Gasteiger partial charge on any atom is -0.459 e. The van der Waals surface area contributed by atoms with E-state index in [1.807, 2.05) is 12.1 Å². The molecule has 0 aliphatic carbocycles. The van der Waals surface area contributed by atoms with Crippen molar-refractivity contribution < 1.29 is 13.9 Å². The van der Waals surface area contributed by atoms with Crippen molar-refractivity contribution in [2.24, 2.45) is 4.99 Å². The smallest absolute Gasteiger partial charge is 0.363 e. The normalized spacial score (nSPS) is 16.8. The summed E-state index contributed by atoms with van der Waals surface area (Å²) in [7, 11) is 0. The van der Waals surface area contributed by atoms with Crippen LogP contribution in [0.1, 0.15) is 37.7 Å². The molecule has 1 aromatic heterocycles. The number of hydrogen-bond donors (Lipinski definition) is 0. The fraction of sp³-hybridized carbons (Fsp3) is 0.222. The summed E-state index contributed by atoms with van der Waals surface area (Å²) in [4.78, 5) is 16.1. The van der Waals surface area contributed by atoms with Gasteiger partial charge in [0.1, 0.15) is 0 Å². The Kier molecular flexibility index (Phi) is 3.45. The van der Waals surface area contributed by atoms with Crippen LogP contribution in [0.5, 0.6) is 0 Å². The van der Waals surface area contributed by atoms with Crippen molar-refractivity contribution in [3.8, 4) is 0 Å². The van der Waals surface area contributed by atoms with Crippen LogP contribution >= 0.6 is 0 Å². The Morgan fingerprint density at radius 1 is 1.09 bits per heavy atom. The number of aliphatic imine (C=N–C) groups is 1. The van der Waals surface area contributed by atoms with Crippen LogP contribution in [0.3, 0.4) is 0 Å². The highest BCUT2D eigenvalue weighted by molar-refractivity contribution is 6.11. The predicted molar refractivity (Wildman–Crippen MR) is 84.5 cm³/mol. The van der Waals surface area contributed by atoms with E-state index in [-0.39, 0.29) is 17.0 Å². The Balaban J connectivity index is 1.87. The van der Waals surface area contributed by atoms with Crippen LogP contribution < -0.4 is 0 Å². The summed E-state index contributed by atoms with van der Waals surface area (Å²) in [6.07, 6.45) is 3.23. The van der Waals surface area contributed by atoms with E-state index in [0.717, 1.165) is 5.56 Å². The average molecular weight is 295 g/mol. The van der Waals surface area contributed by atoms with Crippen LogP contribution in [0.25, 0.3) is 6.08 Å². The lowest BCUT2D eigenvalue weighted by molar-refractivity contribution is -0.130. The quantitative estimate of drug-likeness (QED) is 0.623. The van der Waals surface area contributed by atoms with Crippen molar-refractivity contribution in [2.75, 3.05) is 0 Å².